The second kappa shape index (κ2) is 36.4. The molecule has 1 N–H and O–H groups in total. The Kier molecular flexibility index (Phi) is 34.2. The van der Waals surface area contributed by atoms with Gasteiger partial charge in [0, 0.05) is 6.42 Å². The first-order valence-corrected chi connectivity index (χ1v) is 17.2. The summed E-state index contributed by atoms with van der Waals surface area (Å²) in [5.74, 6) is -0.661. The molecule has 0 spiro atoms. The Morgan fingerprint density at radius 2 is 0.643 bits per heavy atom. The molecule has 0 rings (SSSR count). The van der Waals surface area contributed by atoms with E-state index >= 15 is 0 Å². The predicted molar refractivity (Wildman–Crippen MR) is 188 cm³/mol. The number of allylic oxidation sites excluding steroid dienone is 16. The molecule has 236 valence electrons. The molecule has 0 aliphatic heterocycles. The average molecular weight is 577 g/mol. The van der Waals surface area contributed by atoms with Gasteiger partial charge in [0.2, 0.25) is 0 Å². The topological polar surface area (TPSA) is 37.3 Å². The van der Waals surface area contributed by atoms with E-state index in [0.717, 1.165) is 64.2 Å². The van der Waals surface area contributed by atoms with Crippen LogP contribution in [0.5, 0.6) is 0 Å². The molecule has 0 saturated carbocycles. The molecule has 0 aromatic carbocycles. The van der Waals surface area contributed by atoms with Crippen molar-refractivity contribution >= 4 is 5.97 Å². The molecule has 2 nitrogen and oxygen atoms in total. The van der Waals surface area contributed by atoms with E-state index in [0.29, 0.717) is 6.42 Å². The van der Waals surface area contributed by atoms with Gasteiger partial charge in [-0.15, -0.1) is 0 Å². The molecule has 0 aromatic heterocycles. The van der Waals surface area contributed by atoms with E-state index in [2.05, 4.69) is 104 Å². The van der Waals surface area contributed by atoms with Crippen molar-refractivity contribution in [2.24, 2.45) is 0 Å². The highest BCUT2D eigenvalue weighted by Crippen LogP contribution is 2.13. The zero-order valence-corrected chi connectivity index (χ0v) is 27.1. The fraction of sp³-hybridized carbons (Fsp3) is 0.575. The zero-order chi connectivity index (χ0) is 30.4. The highest BCUT2D eigenvalue weighted by molar-refractivity contribution is 5.66. The number of carboxylic acid groups (broad SMARTS) is 1. The monoisotopic (exact) mass is 576 g/mol. The number of hydrogen-bond acceptors (Lipinski definition) is 1. The van der Waals surface area contributed by atoms with Crippen molar-refractivity contribution in [3.8, 4) is 0 Å². The molecule has 0 fully saturated rings. The van der Waals surface area contributed by atoms with Gasteiger partial charge in [0.05, 0.1) is 0 Å². The fourth-order valence-corrected chi connectivity index (χ4v) is 4.49. The Bertz CT molecular complexity index is 803. The van der Waals surface area contributed by atoms with Crippen LogP contribution in [0.4, 0.5) is 0 Å². The van der Waals surface area contributed by atoms with Crippen molar-refractivity contribution in [1.29, 1.82) is 0 Å². The lowest BCUT2D eigenvalue weighted by atomic mass is 10.0. The molecule has 0 saturated heterocycles. The first-order chi connectivity index (χ1) is 20.8. The predicted octanol–water partition coefficient (Wildman–Crippen LogP) is 13.1. The molecule has 0 radical (unpaired) electrons. The minimum absolute atomic E-state index is 0.332. The molecule has 0 bridgehead atoms. The number of aliphatic carboxylic acids is 1. The van der Waals surface area contributed by atoms with Gasteiger partial charge in [-0.25, -0.2) is 0 Å². The summed E-state index contributed by atoms with van der Waals surface area (Å²) in [6.45, 7) is 2.17. The molecule has 0 aliphatic rings. The molecule has 0 aliphatic carbocycles. The normalized spacial score (nSPS) is 13.0. The van der Waals surface area contributed by atoms with Crippen molar-refractivity contribution in [3.05, 3.63) is 97.2 Å². The molecule has 0 amide bonds. The van der Waals surface area contributed by atoms with Crippen LogP contribution < -0.4 is 0 Å². The minimum atomic E-state index is -0.661. The summed E-state index contributed by atoms with van der Waals surface area (Å²) >= 11 is 0. The Balaban J connectivity index is 3.42. The largest absolute Gasteiger partial charge is 0.481 e. The van der Waals surface area contributed by atoms with E-state index in [1.807, 2.05) is 0 Å². The Morgan fingerprint density at radius 1 is 0.381 bits per heavy atom. The molecule has 0 unspecified atom stereocenters. The van der Waals surface area contributed by atoms with E-state index in [1.165, 1.54) is 70.6 Å². The first-order valence-electron chi connectivity index (χ1n) is 17.2. The molecular formula is C40H64O2. The van der Waals surface area contributed by atoms with Crippen molar-refractivity contribution in [2.75, 3.05) is 0 Å². The summed E-state index contributed by atoms with van der Waals surface area (Å²) < 4.78 is 0. The van der Waals surface area contributed by atoms with E-state index in [-0.39, 0.29) is 0 Å². The van der Waals surface area contributed by atoms with Crippen LogP contribution in [0.25, 0.3) is 0 Å². The van der Waals surface area contributed by atoms with Gasteiger partial charge in [0.25, 0.3) is 0 Å². The van der Waals surface area contributed by atoms with Gasteiger partial charge in [-0.05, 0) is 70.6 Å². The molecular weight excluding hydrogens is 512 g/mol. The summed E-state index contributed by atoms with van der Waals surface area (Å²) in [7, 11) is 0. The van der Waals surface area contributed by atoms with Crippen molar-refractivity contribution in [3.63, 3.8) is 0 Å². The maximum absolute atomic E-state index is 10.5. The number of rotatable bonds is 30. The van der Waals surface area contributed by atoms with Crippen LogP contribution in [0.2, 0.25) is 0 Å². The lowest BCUT2D eigenvalue weighted by Gasteiger charge is -2.02. The summed E-state index contributed by atoms with van der Waals surface area (Å²) in [6.07, 6.45) is 61.1. The van der Waals surface area contributed by atoms with Gasteiger partial charge >= 0.3 is 5.97 Å². The summed E-state index contributed by atoms with van der Waals surface area (Å²) in [5.41, 5.74) is 0. The van der Waals surface area contributed by atoms with Gasteiger partial charge in [0.15, 0.2) is 0 Å². The Morgan fingerprint density at radius 3 is 0.952 bits per heavy atom. The third kappa shape index (κ3) is 37.4. The maximum atomic E-state index is 10.5. The van der Waals surface area contributed by atoms with Gasteiger partial charge in [0.1, 0.15) is 0 Å². The first kappa shape index (κ1) is 39.4. The van der Waals surface area contributed by atoms with Crippen molar-refractivity contribution < 1.29 is 9.90 Å². The lowest BCUT2D eigenvalue weighted by molar-refractivity contribution is -0.137. The quantitative estimate of drug-likeness (QED) is 0.0682. The SMILES string of the molecule is CC/C=C\C/C=C\C/C=C\C/C=C\C/C=C\C/C=C\C/C=C\C/C=C\CCCCCCCCCCCCCCC(=O)O. The Hall–Kier alpha value is -2.61. The molecule has 42 heavy (non-hydrogen) atoms. The smallest absolute Gasteiger partial charge is 0.303 e. The van der Waals surface area contributed by atoms with Crippen molar-refractivity contribution in [1.82, 2.24) is 0 Å². The maximum Gasteiger partial charge on any atom is 0.303 e. The van der Waals surface area contributed by atoms with Crippen LogP contribution in [0, 0.1) is 0 Å². The summed E-state index contributed by atoms with van der Waals surface area (Å²) in [4.78, 5) is 10.5. The Labute approximate surface area is 260 Å². The molecule has 0 heterocycles. The standard InChI is InChI=1S/C40H64O2/c1-2-3-4-5-6-7-8-9-10-11-12-13-14-15-16-17-18-19-20-21-22-23-24-25-26-27-28-29-30-31-32-33-34-35-36-37-38-39-40(41)42/h3-4,6-7,9-10,12-13,15-16,18-19,21-22,24-25H,2,5,8,11,14,17,20,23,26-39H2,1H3,(H,41,42)/b4-3-,7-6-,10-9-,13-12-,16-15-,19-18-,22-21-,25-24-. The van der Waals surface area contributed by atoms with Gasteiger partial charge < -0.3 is 5.11 Å². The fourth-order valence-electron chi connectivity index (χ4n) is 4.49. The number of hydrogen-bond donors (Lipinski definition) is 1. The highest BCUT2D eigenvalue weighted by atomic mass is 16.4. The molecule has 2 heteroatoms. The summed E-state index contributed by atoms with van der Waals surface area (Å²) in [5, 5.41) is 8.63. The minimum Gasteiger partial charge on any atom is -0.481 e. The average Bonchev–Trinajstić information content (AvgIpc) is 2.98. The second-order valence-corrected chi connectivity index (χ2v) is 11.0. The number of unbranched alkanes of at least 4 members (excludes halogenated alkanes) is 12. The van der Waals surface area contributed by atoms with Crippen LogP contribution >= 0.6 is 0 Å². The highest BCUT2D eigenvalue weighted by Gasteiger charge is 1.97. The third-order valence-corrected chi connectivity index (χ3v) is 6.99. The van der Waals surface area contributed by atoms with Gasteiger partial charge in [-0.2, -0.15) is 0 Å². The lowest BCUT2D eigenvalue weighted by Crippen LogP contribution is -1.93. The van der Waals surface area contributed by atoms with Crippen LogP contribution in [-0.4, -0.2) is 11.1 Å². The van der Waals surface area contributed by atoms with E-state index in [1.54, 1.807) is 0 Å². The van der Waals surface area contributed by atoms with Gasteiger partial charge in [-0.1, -0.05) is 168 Å². The second-order valence-electron chi connectivity index (χ2n) is 11.0. The van der Waals surface area contributed by atoms with Crippen LogP contribution in [0.3, 0.4) is 0 Å². The third-order valence-electron chi connectivity index (χ3n) is 6.99. The number of carbonyl (C=O) groups is 1. The molecule has 0 atom stereocenters. The van der Waals surface area contributed by atoms with Gasteiger partial charge in [-0.3, -0.25) is 4.79 Å². The zero-order valence-electron chi connectivity index (χ0n) is 27.1. The van der Waals surface area contributed by atoms with Crippen LogP contribution in [0.15, 0.2) is 97.2 Å². The van der Waals surface area contributed by atoms with Crippen molar-refractivity contribution in [2.45, 2.75) is 148 Å². The molecule has 0 aromatic rings. The van der Waals surface area contributed by atoms with E-state index < -0.39 is 5.97 Å². The van der Waals surface area contributed by atoms with E-state index in [4.69, 9.17) is 5.11 Å². The number of carboxylic acids is 1. The van der Waals surface area contributed by atoms with Crippen LogP contribution in [-0.2, 0) is 4.79 Å². The van der Waals surface area contributed by atoms with Crippen LogP contribution in [0.1, 0.15) is 148 Å². The van der Waals surface area contributed by atoms with E-state index in [9.17, 15) is 4.79 Å². The summed E-state index contributed by atoms with van der Waals surface area (Å²) in [6, 6.07) is 0.